The van der Waals surface area contributed by atoms with Gasteiger partial charge in [-0.1, -0.05) is 36.4 Å². The zero-order valence-electron chi connectivity index (χ0n) is 17.4. The molecule has 2 aromatic rings. The third-order valence-electron chi connectivity index (χ3n) is 4.62. The van der Waals surface area contributed by atoms with Crippen LogP contribution >= 0.6 is 0 Å². The molecule has 0 unspecified atom stereocenters. The molecular formula is C23H28N2O4. The number of nitrogens with one attached hydrogen (secondary N) is 1. The molecule has 3 rings (SSSR count). The number of carbonyl (C=O) groups excluding carboxylic acids is 2. The lowest BCUT2D eigenvalue weighted by atomic mass is 9.87. The molecule has 0 saturated carbocycles. The highest BCUT2D eigenvalue weighted by Crippen LogP contribution is 2.43. The second-order valence-electron chi connectivity index (χ2n) is 8.16. The molecule has 2 aromatic carbocycles. The van der Waals surface area contributed by atoms with Crippen molar-refractivity contribution in [2.75, 3.05) is 20.1 Å². The van der Waals surface area contributed by atoms with Crippen LogP contribution in [0.5, 0.6) is 11.5 Å². The Morgan fingerprint density at radius 3 is 2.14 bits per heavy atom. The number of nitrogens with zero attached hydrogens (tertiary/aromatic N) is 1. The minimum Gasteiger partial charge on any atom is -0.457 e. The van der Waals surface area contributed by atoms with Gasteiger partial charge in [0.25, 0.3) is 0 Å². The van der Waals surface area contributed by atoms with Crippen LogP contribution in [0.4, 0.5) is 4.79 Å². The number of hydrogen-bond donors (Lipinski definition) is 1. The van der Waals surface area contributed by atoms with Crippen LogP contribution in [-0.2, 0) is 9.53 Å². The molecule has 1 N–H and O–H groups in total. The number of hydrogen-bond acceptors (Lipinski definition) is 4. The first-order valence-electron chi connectivity index (χ1n) is 9.84. The zero-order chi connectivity index (χ0) is 21.0. The molecule has 0 aliphatic carbocycles. The molecule has 0 aromatic heterocycles. The number of ether oxygens (including phenoxy) is 2. The Morgan fingerprint density at radius 2 is 1.59 bits per heavy atom. The van der Waals surface area contributed by atoms with E-state index < -0.39 is 11.5 Å². The van der Waals surface area contributed by atoms with E-state index in [0.717, 1.165) is 11.1 Å². The van der Waals surface area contributed by atoms with Gasteiger partial charge in [-0.05, 0) is 39.3 Å². The fourth-order valence-electron chi connectivity index (χ4n) is 3.25. The van der Waals surface area contributed by atoms with E-state index in [9.17, 15) is 9.59 Å². The molecule has 154 valence electrons. The topological polar surface area (TPSA) is 67.9 Å². The lowest BCUT2D eigenvalue weighted by molar-refractivity contribution is -0.121. The maximum absolute atomic E-state index is 13.0. The molecule has 1 aliphatic heterocycles. The van der Waals surface area contributed by atoms with Crippen molar-refractivity contribution >= 4 is 12.0 Å². The lowest BCUT2D eigenvalue weighted by Gasteiger charge is -2.27. The van der Waals surface area contributed by atoms with Crippen molar-refractivity contribution in [2.45, 2.75) is 38.7 Å². The quantitative estimate of drug-likeness (QED) is 0.766. The summed E-state index contributed by atoms with van der Waals surface area (Å²) >= 11 is 0. The van der Waals surface area contributed by atoms with Crippen LogP contribution in [-0.4, -0.2) is 42.6 Å². The third-order valence-corrected chi connectivity index (χ3v) is 4.62. The van der Waals surface area contributed by atoms with Crippen LogP contribution < -0.4 is 10.1 Å². The van der Waals surface area contributed by atoms with Crippen molar-refractivity contribution in [3.05, 3.63) is 59.7 Å². The molecule has 0 fully saturated rings. The second-order valence-corrected chi connectivity index (χ2v) is 8.16. The van der Waals surface area contributed by atoms with Gasteiger partial charge in [0.05, 0.1) is 5.92 Å². The lowest BCUT2D eigenvalue weighted by Crippen LogP contribution is -2.37. The monoisotopic (exact) mass is 396 g/mol. The van der Waals surface area contributed by atoms with Gasteiger partial charge in [-0.2, -0.15) is 0 Å². The van der Waals surface area contributed by atoms with E-state index in [1.165, 1.54) is 4.90 Å². The van der Waals surface area contributed by atoms with Crippen LogP contribution in [0.1, 0.15) is 44.2 Å². The molecule has 6 heteroatoms. The maximum Gasteiger partial charge on any atom is 0.410 e. The van der Waals surface area contributed by atoms with Crippen LogP contribution in [0, 0.1) is 0 Å². The third kappa shape index (κ3) is 5.08. The van der Waals surface area contributed by atoms with Gasteiger partial charge in [0, 0.05) is 31.3 Å². The van der Waals surface area contributed by atoms with E-state index in [0.29, 0.717) is 31.0 Å². The number of rotatable bonds is 5. The summed E-state index contributed by atoms with van der Waals surface area (Å²) in [4.78, 5) is 26.6. The Balaban J connectivity index is 1.60. The summed E-state index contributed by atoms with van der Waals surface area (Å²) < 4.78 is 11.3. The summed E-state index contributed by atoms with van der Waals surface area (Å²) in [6.07, 6.45) is 0.268. The van der Waals surface area contributed by atoms with E-state index in [2.05, 4.69) is 5.32 Å². The van der Waals surface area contributed by atoms with E-state index in [1.807, 2.05) is 69.3 Å². The predicted octanol–water partition coefficient (Wildman–Crippen LogP) is 4.30. The Labute approximate surface area is 171 Å². The van der Waals surface area contributed by atoms with Gasteiger partial charge in [-0.3, -0.25) is 4.79 Å². The SMILES string of the molecule is CN(CCCNC(=O)C1c2ccccc2Oc2ccccc21)C(=O)OC(C)(C)C. The van der Waals surface area contributed by atoms with Gasteiger partial charge in [0.1, 0.15) is 17.1 Å². The summed E-state index contributed by atoms with van der Waals surface area (Å²) in [5.41, 5.74) is 1.19. The molecule has 0 atom stereocenters. The Bertz CT molecular complexity index is 843. The molecule has 0 radical (unpaired) electrons. The second kappa shape index (κ2) is 8.55. The van der Waals surface area contributed by atoms with Crippen molar-refractivity contribution < 1.29 is 19.1 Å². The van der Waals surface area contributed by atoms with Crippen molar-refractivity contribution in [1.82, 2.24) is 10.2 Å². The average molecular weight is 396 g/mol. The summed E-state index contributed by atoms with van der Waals surface area (Å²) in [5, 5.41) is 3.00. The first-order chi connectivity index (χ1) is 13.8. The highest BCUT2D eigenvalue weighted by Gasteiger charge is 2.32. The van der Waals surface area contributed by atoms with Gasteiger partial charge in [-0.25, -0.2) is 4.79 Å². The molecule has 1 heterocycles. The predicted molar refractivity (Wildman–Crippen MR) is 111 cm³/mol. The fraction of sp³-hybridized carbons (Fsp3) is 0.391. The summed E-state index contributed by atoms with van der Waals surface area (Å²) in [5.74, 6) is 0.917. The molecule has 1 aliphatic rings. The normalized spacial score (nSPS) is 13.0. The molecule has 6 nitrogen and oxygen atoms in total. The number of fused-ring (bicyclic) bond motifs is 2. The highest BCUT2D eigenvalue weighted by molar-refractivity contribution is 5.89. The number of para-hydroxylation sites is 2. The minimum absolute atomic E-state index is 0.0758. The minimum atomic E-state index is -0.524. The van der Waals surface area contributed by atoms with Crippen molar-refractivity contribution in [3.63, 3.8) is 0 Å². The maximum atomic E-state index is 13.0. The first kappa shape index (κ1) is 20.7. The van der Waals surface area contributed by atoms with E-state index in [4.69, 9.17) is 9.47 Å². The van der Waals surface area contributed by atoms with E-state index in [1.54, 1.807) is 7.05 Å². The molecule has 0 saturated heterocycles. The van der Waals surface area contributed by atoms with E-state index >= 15 is 0 Å². The summed E-state index contributed by atoms with van der Waals surface area (Å²) in [7, 11) is 1.70. The molecule has 2 amide bonds. The summed E-state index contributed by atoms with van der Waals surface area (Å²) in [6, 6.07) is 15.2. The Hall–Kier alpha value is -3.02. The summed E-state index contributed by atoms with van der Waals surface area (Å²) in [6.45, 7) is 6.47. The number of carbonyl (C=O) groups is 2. The van der Waals surface area contributed by atoms with Crippen LogP contribution in [0.2, 0.25) is 0 Å². The van der Waals surface area contributed by atoms with Gasteiger partial charge in [-0.15, -0.1) is 0 Å². The average Bonchev–Trinajstić information content (AvgIpc) is 2.67. The smallest absolute Gasteiger partial charge is 0.410 e. The van der Waals surface area contributed by atoms with Crippen molar-refractivity contribution in [2.24, 2.45) is 0 Å². The fourth-order valence-corrected chi connectivity index (χ4v) is 3.25. The Kier molecular flexibility index (Phi) is 6.11. The standard InChI is InChI=1S/C23H28N2O4/c1-23(2,3)29-22(27)25(4)15-9-14-24-21(26)20-16-10-5-7-12-18(16)28-19-13-8-6-11-17(19)20/h5-8,10-13,20H,9,14-15H2,1-4H3,(H,24,26). The van der Waals surface area contributed by atoms with Gasteiger partial charge in [0.2, 0.25) is 5.91 Å². The Morgan fingerprint density at radius 1 is 1.03 bits per heavy atom. The van der Waals surface area contributed by atoms with Crippen LogP contribution in [0.15, 0.2) is 48.5 Å². The molecular weight excluding hydrogens is 368 g/mol. The number of amides is 2. The highest BCUT2D eigenvalue weighted by atomic mass is 16.6. The zero-order valence-corrected chi connectivity index (χ0v) is 17.4. The van der Waals surface area contributed by atoms with Crippen molar-refractivity contribution in [3.8, 4) is 11.5 Å². The largest absolute Gasteiger partial charge is 0.457 e. The van der Waals surface area contributed by atoms with Gasteiger partial charge in [0.15, 0.2) is 0 Å². The van der Waals surface area contributed by atoms with Crippen LogP contribution in [0.3, 0.4) is 0 Å². The van der Waals surface area contributed by atoms with E-state index in [-0.39, 0.29) is 12.0 Å². The number of benzene rings is 2. The molecule has 29 heavy (non-hydrogen) atoms. The van der Waals surface area contributed by atoms with Gasteiger partial charge < -0.3 is 19.7 Å². The molecule has 0 spiro atoms. The van der Waals surface area contributed by atoms with Crippen LogP contribution in [0.25, 0.3) is 0 Å². The molecule has 0 bridgehead atoms. The first-order valence-corrected chi connectivity index (χ1v) is 9.84. The van der Waals surface area contributed by atoms with Gasteiger partial charge >= 0.3 is 6.09 Å². The van der Waals surface area contributed by atoms with Crippen molar-refractivity contribution in [1.29, 1.82) is 0 Å².